The molecule has 0 N–H and O–H groups in total. The first kappa shape index (κ1) is 27.1. The van der Waals surface area contributed by atoms with Crippen molar-refractivity contribution in [2.24, 2.45) is 0 Å². The van der Waals surface area contributed by atoms with Crippen LogP contribution >= 0.6 is 23.2 Å². The maximum atomic E-state index is 13.6. The topological polar surface area (TPSA) is 63.7 Å². The number of carbonyl (C=O) groups excluding carboxylic acids is 1. The Morgan fingerprint density at radius 3 is 2.09 bits per heavy atom. The molecule has 5 nitrogen and oxygen atoms in total. The Balaban J connectivity index is 2.00. The van der Waals surface area contributed by atoms with E-state index in [0.29, 0.717) is 15.8 Å². The van der Waals surface area contributed by atoms with E-state index in [1.54, 1.807) is 24.3 Å². The fraction of sp³-hybridized carbons (Fsp3) is 0.296. The lowest BCUT2D eigenvalue weighted by Crippen LogP contribution is -2.44. The van der Waals surface area contributed by atoms with Crippen LogP contribution in [0.5, 0.6) is 5.75 Å². The van der Waals surface area contributed by atoms with Crippen molar-refractivity contribution in [3.63, 3.8) is 0 Å². The summed E-state index contributed by atoms with van der Waals surface area (Å²) in [5.74, 6) is -0.282. The number of unbranched alkanes of at least 4 members (excludes halogenated alkanes) is 1. The number of rotatable bonds is 9. The zero-order valence-electron chi connectivity index (χ0n) is 20.2. The molecule has 1 unspecified atom stereocenters. The highest BCUT2D eigenvalue weighted by Crippen LogP contribution is 2.29. The van der Waals surface area contributed by atoms with Gasteiger partial charge in [0.15, 0.2) is 6.10 Å². The summed E-state index contributed by atoms with van der Waals surface area (Å²) >= 11 is 12.2. The highest BCUT2D eigenvalue weighted by Gasteiger charge is 2.35. The van der Waals surface area contributed by atoms with Crippen molar-refractivity contribution in [3.05, 3.63) is 87.4 Å². The number of amides is 1. The van der Waals surface area contributed by atoms with Crippen LogP contribution in [-0.2, 0) is 21.2 Å². The summed E-state index contributed by atoms with van der Waals surface area (Å²) in [6, 6.07) is 16.2. The van der Waals surface area contributed by atoms with Crippen molar-refractivity contribution in [1.29, 1.82) is 0 Å². The SMILES string of the molecule is CCCCc1ccc(N(C(=O)C(C)Oc2cc(C)c(Cl)c(C)c2)S(=O)(=O)c2ccc(Cl)cc2)cc1. The molecule has 0 spiro atoms. The number of nitrogens with zero attached hydrogens (tertiary/aromatic N) is 1. The lowest BCUT2D eigenvalue weighted by Gasteiger charge is -2.26. The molecule has 0 aromatic heterocycles. The molecule has 0 saturated heterocycles. The van der Waals surface area contributed by atoms with Crippen molar-refractivity contribution in [2.45, 2.75) is 58.0 Å². The number of sulfonamides is 1. The quantitative estimate of drug-likeness (QED) is 0.293. The van der Waals surface area contributed by atoms with Gasteiger partial charge in [0.2, 0.25) is 0 Å². The number of aryl methyl sites for hydroxylation is 3. The van der Waals surface area contributed by atoms with Crippen LogP contribution in [-0.4, -0.2) is 20.4 Å². The van der Waals surface area contributed by atoms with Gasteiger partial charge in [-0.1, -0.05) is 48.7 Å². The number of carbonyl (C=O) groups is 1. The van der Waals surface area contributed by atoms with E-state index in [1.165, 1.54) is 31.2 Å². The molecule has 3 rings (SSSR count). The van der Waals surface area contributed by atoms with Crippen LogP contribution < -0.4 is 9.04 Å². The number of ether oxygens (including phenoxy) is 1. The number of hydrogen-bond acceptors (Lipinski definition) is 4. The van der Waals surface area contributed by atoms with Gasteiger partial charge in [-0.3, -0.25) is 4.79 Å². The predicted molar refractivity (Wildman–Crippen MR) is 142 cm³/mol. The van der Waals surface area contributed by atoms with E-state index < -0.39 is 22.0 Å². The van der Waals surface area contributed by atoms with Crippen molar-refractivity contribution in [2.75, 3.05) is 4.31 Å². The molecular formula is C27H29Cl2NO4S. The molecule has 0 saturated carbocycles. The normalized spacial score (nSPS) is 12.3. The standard InChI is InChI=1S/C27H29Cl2NO4S/c1-5-6-7-21-8-12-23(13-9-21)30(35(32,33)25-14-10-22(28)11-15-25)27(31)20(4)34-24-16-18(2)26(29)19(3)17-24/h8-17,20H,5-7H2,1-4H3. The van der Waals surface area contributed by atoms with E-state index in [0.717, 1.165) is 40.3 Å². The minimum atomic E-state index is -4.24. The maximum absolute atomic E-state index is 13.6. The molecule has 0 aliphatic heterocycles. The lowest BCUT2D eigenvalue weighted by atomic mass is 10.1. The van der Waals surface area contributed by atoms with Crippen LogP contribution in [0.25, 0.3) is 0 Å². The third-order valence-electron chi connectivity index (χ3n) is 5.61. The summed E-state index contributed by atoms with van der Waals surface area (Å²) in [7, 11) is -4.24. The Labute approximate surface area is 217 Å². The third kappa shape index (κ3) is 6.37. The zero-order chi connectivity index (χ0) is 25.8. The minimum absolute atomic E-state index is 0.0457. The minimum Gasteiger partial charge on any atom is -0.481 e. The average Bonchev–Trinajstić information content (AvgIpc) is 2.82. The van der Waals surface area contributed by atoms with Crippen LogP contribution in [0.15, 0.2) is 65.6 Å². The number of benzene rings is 3. The van der Waals surface area contributed by atoms with Crippen molar-refractivity contribution >= 4 is 44.8 Å². The maximum Gasteiger partial charge on any atom is 0.281 e. The zero-order valence-corrected chi connectivity index (χ0v) is 22.5. The average molecular weight is 535 g/mol. The van der Waals surface area contributed by atoms with Gasteiger partial charge in [0.05, 0.1) is 10.6 Å². The van der Waals surface area contributed by atoms with Crippen molar-refractivity contribution in [3.8, 4) is 5.75 Å². The summed E-state index contributed by atoms with van der Waals surface area (Å²) < 4.78 is 34.0. The third-order valence-corrected chi connectivity index (χ3v) is 8.20. The van der Waals surface area contributed by atoms with E-state index in [-0.39, 0.29) is 10.6 Å². The van der Waals surface area contributed by atoms with Gasteiger partial charge >= 0.3 is 0 Å². The van der Waals surface area contributed by atoms with Crippen LogP contribution in [0.4, 0.5) is 5.69 Å². The van der Waals surface area contributed by atoms with E-state index in [9.17, 15) is 13.2 Å². The van der Waals surface area contributed by atoms with E-state index in [4.69, 9.17) is 27.9 Å². The molecule has 8 heteroatoms. The molecular weight excluding hydrogens is 505 g/mol. The second kappa shape index (κ2) is 11.5. The highest BCUT2D eigenvalue weighted by atomic mass is 35.5. The number of hydrogen-bond donors (Lipinski definition) is 0. The molecule has 0 aliphatic rings. The monoisotopic (exact) mass is 533 g/mol. The molecule has 1 amide bonds. The van der Waals surface area contributed by atoms with Gasteiger partial charge in [-0.05, 0) is 98.8 Å². The molecule has 1 atom stereocenters. The molecule has 186 valence electrons. The van der Waals surface area contributed by atoms with Gasteiger partial charge in [0.25, 0.3) is 15.9 Å². The van der Waals surface area contributed by atoms with Gasteiger partial charge in [-0.25, -0.2) is 8.42 Å². The molecule has 0 fully saturated rings. The Morgan fingerprint density at radius 1 is 0.971 bits per heavy atom. The van der Waals surface area contributed by atoms with Crippen LogP contribution in [0.1, 0.15) is 43.4 Å². The molecule has 3 aromatic carbocycles. The van der Waals surface area contributed by atoms with E-state index in [1.807, 2.05) is 26.0 Å². The van der Waals surface area contributed by atoms with Crippen LogP contribution in [0.2, 0.25) is 10.0 Å². The van der Waals surface area contributed by atoms with Gasteiger partial charge in [0.1, 0.15) is 5.75 Å². The second-order valence-electron chi connectivity index (χ2n) is 8.46. The number of anilines is 1. The summed E-state index contributed by atoms with van der Waals surface area (Å²) in [4.78, 5) is 13.6. The van der Waals surface area contributed by atoms with Crippen molar-refractivity contribution < 1.29 is 17.9 Å². The Kier molecular flexibility index (Phi) is 8.86. The Morgan fingerprint density at radius 2 is 1.54 bits per heavy atom. The van der Waals surface area contributed by atoms with Crippen molar-refractivity contribution in [1.82, 2.24) is 0 Å². The van der Waals surface area contributed by atoms with Crippen LogP contribution in [0.3, 0.4) is 0 Å². The molecule has 35 heavy (non-hydrogen) atoms. The summed E-state index contributed by atoms with van der Waals surface area (Å²) in [5, 5.41) is 1.01. The summed E-state index contributed by atoms with van der Waals surface area (Å²) in [6.07, 6.45) is 1.87. The second-order valence-corrected chi connectivity index (χ2v) is 11.1. The van der Waals surface area contributed by atoms with E-state index in [2.05, 4.69) is 6.92 Å². The van der Waals surface area contributed by atoms with Gasteiger partial charge in [-0.2, -0.15) is 4.31 Å². The molecule has 0 bridgehead atoms. The van der Waals surface area contributed by atoms with Crippen LogP contribution in [0, 0.1) is 13.8 Å². The predicted octanol–water partition coefficient (Wildman–Crippen LogP) is 7.14. The van der Waals surface area contributed by atoms with Gasteiger partial charge < -0.3 is 4.74 Å². The van der Waals surface area contributed by atoms with Gasteiger partial charge in [-0.15, -0.1) is 0 Å². The molecule has 3 aromatic rings. The fourth-order valence-electron chi connectivity index (χ4n) is 3.67. The first-order valence-corrected chi connectivity index (χ1v) is 13.6. The number of halogens is 2. The highest BCUT2D eigenvalue weighted by molar-refractivity contribution is 7.93. The smallest absolute Gasteiger partial charge is 0.281 e. The molecule has 0 aliphatic carbocycles. The summed E-state index contributed by atoms with van der Waals surface area (Å²) in [5.41, 5.74) is 2.91. The van der Waals surface area contributed by atoms with E-state index >= 15 is 0 Å². The molecule has 0 radical (unpaired) electrons. The summed E-state index contributed by atoms with van der Waals surface area (Å²) in [6.45, 7) is 7.32. The fourth-order valence-corrected chi connectivity index (χ4v) is 5.38. The largest absolute Gasteiger partial charge is 0.481 e. The first-order chi connectivity index (χ1) is 16.5. The van der Waals surface area contributed by atoms with Gasteiger partial charge in [0, 0.05) is 10.0 Å². The molecule has 0 heterocycles. The lowest BCUT2D eigenvalue weighted by molar-refractivity contribution is -0.123. The Bertz CT molecular complexity index is 1270. The Hall–Kier alpha value is -2.54. The first-order valence-electron chi connectivity index (χ1n) is 11.4.